The molecule has 0 radical (unpaired) electrons. The van der Waals surface area contributed by atoms with Crippen LogP contribution in [0.2, 0.25) is 5.02 Å². The van der Waals surface area contributed by atoms with Gasteiger partial charge in [-0.25, -0.2) is 4.98 Å². The van der Waals surface area contributed by atoms with E-state index in [1.807, 2.05) is 37.3 Å². The van der Waals surface area contributed by atoms with E-state index in [1.54, 1.807) is 32.0 Å². The molecule has 0 fully saturated rings. The molecule has 0 bridgehead atoms. The van der Waals surface area contributed by atoms with E-state index in [9.17, 15) is 9.59 Å². The molecular weight excluding hydrogens is 402 g/mol. The summed E-state index contributed by atoms with van der Waals surface area (Å²) in [6, 6.07) is 14.6. The van der Waals surface area contributed by atoms with Crippen LogP contribution in [-0.2, 0) is 6.54 Å². The van der Waals surface area contributed by atoms with E-state index < -0.39 is 0 Å². The van der Waals surface area contributed by atoms with Crippen LogP contribution >= 0.6 is 11.6 Å². The van der Waals surface area contributed by atoms with Gasteiger partial charge in [0.1, 0.15) is 0 Å². The Labute approximate surface area is 178 Å². The van der Waals surface area contributed by atoms with E-state index in [0.717, 1.165) is 11.1 Å². The number of aromatic amines is 1. The summed E-state index contributed by atoms with van der Waals surface area (Å²) in [4.78, 5) is 36.2. The zero-order valence-electron chi connectivity index (χ0n) is 16.8. The lowest BCUT2D eigenvalue weighted by Gasteiger charge is -2.20. The Morgan fingerprint density at radius 1 is 1.07 bits per heavy atom. The van der Waals surface area contributed by atoms with Gasteiger partial charge in [-0.1, -0.05) is 47.5 Å². The minimum absolute atomic E-state index is 0.179. The number of aryl methyl sites for hydroxylation is 2. The van der Waals surface area contributed by atoms with E-state index in [4.69, 9.17) is 11.6 Å². The van der Waals surface area contributed by atoms with E-state index >= 15 is 0 Å². The Hall–Kier alpha value is -3.45. The van der Waals surface area contributed by atoms with Crippen molar-refractivity contribution in [2.24, 2.45) is 0 Å². The van der Waals surface area contributed by atoms with Crippen molar-refractivity contribution in [2.45, 2.75) is 27.3 Å². The first-order valence-corrected chi connectivity index (χ1v) is 9.81. The molecule has 7 nitrogen and oxygen atoms in total. The van der Waals surface area contributed by atoms with Crippen molar-refractivity contribution < 1.29 is 4.79 Å². The third-order valence-electron chi connectivity index (χ3n) is 5.04. The molecule has 152 valence electrons. The predicted molar refractivity (Wildman–Crippen MR) is 116 cm³/mol. The molecule has 1 N–H and O–H groups in total. The van der Waals surface area contributed by atoms with Crippen LogP contribution < -0.4 is 10.5 Å². The molecule has 8 heteroatoms. The third kappa shape index (κ3) is 3.59. The van der Waals surface area contributed by atoms with Crippen molar-refractivity contribution in [3.05, 3.63) is 91.9 Å². The standard InChI is InChI=1S/C22H20ClN5O2/c1-13-8-10-16(11-9-13)20(30)27(12-17-6-4-5-7-18(17)23)22-25-21-24-15(3)14(2)19(29)28(21)26-22/h4-11H,12H2,1-3H3,(H,24,25,26). The number of fused-ring (bicyclic) bond motifs is 1. The molecule has 0 aliphatic carbocycles. The van der Waals surface area contributed by atoms with Gasteiger partial charge in [0.2, 0.25) is 5.95 Å². The van der Waals surface area contributed by atoms with Gasteiger partial charge in [-0.2, -0.15) is 9.50 Å². The summed E-state index contributed by atoms with van der Waals surface area (Å²) in [5.41, 5.74) is 3.17. The van der Waals surface area contributed by atoms with Crippen LogP contribution in [0.3, 0.4) is 0 Å². The number of aromatic nitrogens is 4. The normalized spacial score (nSPS) is 11.1. The van der Waals surface area contributed by atoms with Gasteiger partial charge in [0.05, 0.1) is 6.54 Å². The van der Waals surface area contributed by atoms with Crippen molar-refractivity contribution in [3.8, 4) is 0 Å². The van der Waals surface area contributed by atoms with Crippen molar-refractivity contribution in [1.29, 1.82) is 0 Å². The number of amides is 1. The molecule has 0 saturated carbocycles. The van der Waals surface area contributed by atoms with Crippen molar-refractivity contribution in [3.63, 3.8) is 0 Å². The van der Waals surface area contributed by atoms with E-state index in [1.165, 1.54) is 9.42 Å². The van der Waals surface area contributed by atoms with Crippen LogP contribution in [0.25, 0.3) is 5.78 Å². The van der Waals surface area contributed by atoms with Crippen LogP contribution in [0.5, 0.6) is 0 Å². The molecule has 4 aromatic rings. The smallest absolute Gasteiger partial charge is 0.272 e. The van der Waals surface area contributed by atoms with E-state index in [0.29, 0.717) is 21.8 Å². The van der Waals surface area contributed by atoms with Crippen molar-refractivity contribution in [1.82, 2.24) is 19.6 Å². The van der Waals surface area contributed by atoms with Crippen LogP contribution in [0.1, 0.15) is 32.7 Å². The molecule has 2 aromatic heterocycles. The number of hydrogen-bond acceptors (Lipinski definition) is 4. The number of rotatable bonds is 4. The lowest BCUT2D eigenvalue weighted by atomic mass is 10.1. The number of carbonyl (C=O) groups is 1. The highest BCUT2D eigenvalue weighted by molar-refractivity contribution is 6.31. The Morgan fingerprint density at radius 2 is 1.77 bits per heavy atom. The first-order chi connectivity index (χ1) is 14.3. The SMILES string of the molecule is Cc1ccc(C(=O)N(Cc2ccccc2Cl)c2nc3nc(C)c(C)c(=O)n3[nH]2)cc1. The maximum absolute atomic E-state index is 13.4. The second-order valence-corrected chi connectivity index (χ2v) is 7.57. The van der Waals surface area contributed by atoms with Crippen LogP contribution in [-0.4, -0.2) is 25.5 Å². The average molecular weight is 422 g/mol. The fourth-order valence-corrected chi connectivity index (χ4v) is 3.30. The number of carbonyl (C=O) groups excluding carboxylic acids is 1. The first kappa shape index (κ1) is 19.8. The molecule has 0 aliphatic heterocycles. The average Bonchev–Trinajstić information content (AvgIpc) is 3.15. The van der Waals surface area contributed by atoms with Crippen molar-refractivity contribution in [2.75, 3.05) is 4.90 Å². The third-order valence-corrected chi connectivity index (χ3v) is 5.41. The van der Waals surface area contributed by atoms with Gasteiger partial charge >= 0.3 is 0 Å². The molecular formula is C22H20ClN5O2. The van der Waals surface area contributed by atoms with E-state index in [2.05, 4.69) is 15.1 Å². The fraction of sp³-hybridized carbons (Fsp3) is 0.182. The molecule has 2 heterocycles. The largest absolute Gasteiger partial charge is 0.277 e. The molecule has 0 spiro atoms. The second-order valence-electron chi connectivity index (χ2n) is 7.16. The quantitative estimate of drug-likeness (QED) is 0.542. The molecule has 2 aromatic carbocycles. The molecule has 0 saturated heterocycles. The molecule has 0 aliphatic rings. The van der Waals surface area contributed by atoms with Gasteiger partial charge in [-0.15, -0.1) is 0 Å². The Morgan fingerprint density at radius 3 is 2.47 bits per heavy atom. The summed E-state index contributed by atoms with van der Waals surface area (Å²) >= 11 is 6.34. The van der Waals surface area contributed by atoms with Crippen LogP contribution in [0.15, 0.2) is 53.3 Å². The predicted octanol–water partition coefficient (Wildman–Crippen LogP) is 3.84. The van der Waals surface area contributed by atoms with Gasteiger partial charge in [0.25, 0.3) is 17.2 Å². The monoisotopic (exact) mass is 421 g/mol. The Balaban J connectivity index is 1.84. The number of H-pyrrole nitrogens is 1. The maximum Gasteiger partial charge on any atom is 0.277 e. The van der Waals surface area contributed by atoms with Gasteiger partial charge in [0.15, 0.2) is 0 Å². The zero-order valence-corrected chi connectivity index (χ0v) is 17.6. The molecule has 0 atom stereocenters. The lowest BCUT2D eigenvalue weighted by Crippen LogP contribution is -2.31. The molecule has 4 rings (SSSR count). The fourth-order valence-electron chi connectivity index (χ4n) is 3.11. The summed E-state index contributed by atoms with van der Waals surface area (Å²) in [6.45, 7) is 5.59. The number of anilines is 1. The van der Waals surface area contributed by atoms with Crippen LogP contribution in [0, 0.1) is 20.8 Å². The highest BCUT2D eigenvalue weighted by Gasteiger charge is 2.23. The van der Waals surface area contributed by atoms with Gasteiger partial charge in [-0.3, -0.25) is 19.6 Å². The van der Waals surface area contributed by atoms with Gasteiger partial charge in [-0.05, 0) is 44.5 Å². The van der Waals surface area contributed by atoms with Crippen LogP contribution in [0.4, 0.5) is 5.95 Å². The Kier molecular flexibility index (Phi) is 5.13. The summed E-state index contributed by atoms with van der Waals surface area (Å²) in [7, 11) is 0. The number of nitrogens with one attached hydrogen (secondary N) is 1. The minimum Gasteiger partial charge on any atom is -0.272 e. The van der Waals surface area contributed by atoms with Gasteiger partial charge < -0.3 is 0 Å². The van der Waals surface area contributed by atoms with E-state index in [-0.39, 0.29) is 29.7 Å². The summed E-state index contributed by atoms with van der Waals surface area (Å²) in [5, 5.41) is 3.47. The zero-order chi connectivity index (χ0) is 21.4. The van der Waals surface area contributed by atoms with Gasteiger partial charge in [0, 0.05) is 21.8 Å². The topological polar surface area (TPSA) is 83.4 Å². The lowest BCUT2D eigenvalue weighted by molar-refractivity contribution is 0.0983. The summed E-state index contributed by atoms with van der Waals surface area (Å²) in [5.74, 6) is 0.157. The first-order valence-electron chi connectivity index (χ1n) is 9.43. The molecule has 30 heavy (non-hydrogen) atoms. The number of halogens is 1. The highest BCUT2D eigenvalue weighted by Crippen LogP contribution is 2.22. The highest BCUT2D eigenvalue weighted by atomic mass is 35.5. The summed E-state index contributed by atoms with van der Waals surface area (Å²) < 4.78 is 1.25. The minimum atomic E-state index is -0.268. The molecule has 0 unspecified atom stereocenters. The summed E-state index contributed by atoms with van der Waals surface area (Å²) in [6.07, 6.45) is 0. The van der Waals surface area contributed by atoms with Crippen molar-refractivity contribution >= 4 is 29.2 Å². The number of benzene rings is 2. The second kappa shape index (κ2) is 7.76. The number of nitrogens with zero attached hydrogens (tertiary/aromatic N) is 4. The Bertz CT molecular complexity index is 1310. The number of hydrogen-bond donors (Lipinski definition) is 1. The maximum atomic E-state index is 13.4. The molecule has 1 amide bonds.